The molecule has 2 rings (SSSR count). The second-order valence-electron chi connectivity index (χ2n) is 8.88. The summed E-state index contributed by atoms with van der Waals surface area (Å²) in [6.45, 7) is 9.50. The monoisotopic (exact) mass is 480 g/mol. The summed E-state index contributed by atoms with van der Waals surface area (Å²) in [5.74, 6) is -0.694. The van der Waals surface area contributed by atoms with E-state index in [1.807, 2.05) is 6.92 Å². The van der Waals surface area contributed by atoms with Gasteiger partial charge in [0.15, 0.2) is 23.2 Å². The predicted molar refractivity (Wildman–Crippen MR) is 122 cm³/mol. The molecule has 0 unspecified atom stereocenters. The SMILES string of the molecule is COc1ccnc(C(=O)N[C@H]2COC[C@H](CCC(C)C)[C@@H](C)[C@H](C)OC2=O)c1OCOC(C)=O. The van der Waals surface area contributed by atoms with Crippen LogP contribution in [0.25, 0.3) is 0 Å². The van der Waals surface area contributed by atoms with Crippen LogP contribution in [0.3, 0.4) is 0 Å². The van der Waals surface area contributed by atoms with Gasteiger partial charge in [-0.05, 0) is 31.1 Å². The Kier molecular flexibility index (Phi) is 10.6. The van der Waals surface area contributed by atoms with Gasteiger partial charge in [-0.1, -0.05) is 27.2 Å². The minimum absolute atomic E-state index is 0.0168. The lowest BCUT2D eigenvalue weighted by atomic mass is 9.85. The van der Waals surface area contributed by atoms with E-state index in [4.69, 9.17) is 23.7 Å². The number of amides is 1. The maximum atomic E-state index is 13.0. The standard InChI is InChI=1S/C24H36N2O8/c1-14(2)7-8-18-11-31-12-19(24(29)34-16(4)15(18)3)26-23(28)21-22(33-13-32-17(5)27)20(30-6)9-10-25-21/h9-10,14-16,18-19H,7-8,11-13H2,1-6H3,(H,26,28)/t15-,16-,18-,19-/m0/s1. The fraction of sp³-hybridized carbons (Fsp3) is 0.667. The highest BCUT2D eigenvalue weighted by Crippen LogP contribution is 2.30. The summed E-state index contributed by atoms with van der Waals surface area (Å²) < 4.78 is 27.0. The zero-order valence-corrected chi connectivity index (χ0v) is 20.8. The largest absolute Gasteiger partial charge is 0.493 e. The average Bonchev–Trinajstić information content (AvgIpc) is 2.83. The molecular formula is C24H36N2O8. The van der Waals surface area contributed by atoms with Gasteiger partial charge < -0.3 is 29.0 Å². The van der Waals surface area contributed by atoms with Crippen LogP contribution in [0.15, 0.2) is 12.3 Å². The number of aromatic nitrogens is 1. The molecule has 1 aromatic heterocycles. The van der Waals surface area contributed by atoms with Crippen molar-refractivity contribution in [3.8, 4) is 11.5 Å². The molecule has 190 valence electrons. The summed E-state index contributed by atoms with van der Waals surface area (Å²) in [4.78, 5) is 41.0. The Labute approximate surface area is 200 Å². The number of hydrogen-bond acceptors (Lipinski definition) is 9. The van der Waals surface area contributed by atoms with Crippen molar-refractivity contribution >= 4 is 17.8 Å². The number of nitrogens with one attached hydrogen (secondary N) is 1. The lowest BCUT2D eigenvalue weighted by molar-refractivity contribution is -0.153. The average molecular weight is 481 g/mol. The number of hydrogen-bond donors (Lipinski definition) is 1. The Bertz CT molecular complexity index is 844. The molecule has 0 bridgehead atoms. The van der Waals surface area contributed by atoms with Crippen LogP contribution in [0.5, 0.6) is 11.5 Å². The van der Waals surface area contributed by atoms with Gasteiger partial charge in [0.05, 0.1) is 13.7 Å². The van der Waals surface area contributed by atoms with E-state index >= 15 is 0 Å². The van der Waals surface area contributed by atoms with Crippen LogP contribution in [0.4, 0.5) is 0 Å². The van der Waals surface area contributed by atoms with E-state index in [1.165, 1.54) is 26.3 Å². The molecule has 1 N–H and O–H groups in total. The zero-order valence-electron chi connectivity index (χ0n) is 20.8. The van der Waals surface area contributed by atoms with Crippen LogP contribution < -0.4 is 14.8 Å². The van der Waals surface area contributed by atoms with E-state index in [0.717, 1.165) is 12.8 Å². The number of carbonyl (C=O) groups excluding carboxylic acids is 3. The van der Waals surface area contributed by atoms with E-state index in [0.29, 0.717) is 12.5 Å². The molecule has 0 spiro atoms. The van der Waals surface area contributed by atoms with Crippen molar-refractivity contribution in [2.24, 2.45) is 17.8 Å². The van der Waals surface area contributed by atoms with Crippen molar-refractivity contribution in [2.45, 2.75) is 59.6 Å². The molecule has 1 aromatic rings. The number of ether oxygens (including phenoxy) is 5. The Balaban J connectivity index is 2.15. The van der Waals surface area contributed by atoms with E-state index < -0.39 is 30.7 Å². The summed E-state index contributed by atoms with van der Waals surface area (Å²) in [5.41, 5.74) is -0.129. The van der Waals surface area contributed by atoms with Gasteiger partial charge in [0.2, 0.25) is 6.79 Å². The van der Waals surface area contributed by atoms with E-state index in [-0.39, 0.29) is 41.7 Å². The number of methoxy groups -OCH3 is 1. The van der Waals surface area contributed by atoms with E-state index in [1.54, 1.807) is 0 Å². The van der Waals surface area contributed by atoms with Crippen LogP contribution in [0.2, 0.25) is 0 Å². The molecule has 1 fully saturated rings. The molecule has 10 heteroatoms. The summed E-state index contributed by atoms with van der Waals surface area (Å²) in [6, 6.07) is 0.470. The molecule has 1 amide bonds. The third-order valence-corrected chi connectivity index (χ3v) is 5.88. The van der Waals surface area contributed by atoms with Gasteiger partial charge in [0, 0.05) is 25.8 Å². The molecule has 34 heavy (non-hydrogen) atoms. The van der Waals surface area contributed by atoms with Crippen LogP contribution in [0.1, 0.15) is 57.9 Å². The summed E-state index contributed by atoms with van der Waals surface area (Å²) >= 11 is 0. The second-order valence-corrected chi connectivity index (χ2v) is 8.88. The van der Waals surface area contributed by atoms with Gasteiger partial charge >= 0.3 is 11.9 Å². The fourth-order valence-corrected chi connectivity index (χ4v) is 3.60. The van der Waals surface area contributed by atoms with Crippen LogP contribution >= 0.6 is 0 Å². The topological polar surface area (TPSA) is 122 Å². The van der Waals surface area contributed by atoms with Gasteiger partial charge in [-0.2, -0.15) is 0 Å². The van der Waals surface area contributed by atoms with Crippen molar-refractivity contribution in [1.29, 1.82) is 0 Å². The molecule has 4 atom stereocenters. The van der Waals surface area contributed by atoms with Crippen molar-refractivity contribution in [3.63, 3.8) is 0 Å². The molecule has 1 aliphatic rings. The number of rotatable bonds is 9. The molecular weight excluding hydrogens is 444 g/mol. The van der Waals surface area contributed by atoms with Crippen LogP contribution in [0, 0.1) is 17.8 Å². The summed E-state index contributed by atoms with van der Waals surface area (Å²) in [7, 11) is 1.40. The Morgan fingerprint density at radius 1 is 1.26 bits per heavy atom. The van der Waals surface area contributed by atoms with Gasteiger partial charge in [-0.25, -0.2) is 9.78 Å². The number of pyridine rings is 1. The Morgan fingerprint density at radius 2 is 2.00 bits per heavy atom. The molecule has 2 heterocycles. The highest BCUT2D eigenvalue weighted by molar-refractivity contribution is 5.98. The van der Waals surface area contributed by atoms with Gasteiger partial charge in [-0.3, -0.25) is 9.59 Å². The van der Waals surface area contributed by atoms with Gasteiger partial charge in [0.25, 0.3) is 5.91 Å². The quantitative estimate of drug-likeness (QED) is 0.420. The zero-order chi connectivity index (χ0) is 25.3. The lowest BCUT2D eigenvalue weighted by Gasteiger charge is -2.28. The minimum Gasteiger partial charge on any atom is -0.493 e. The second kappa shape index (κ2) is 13.1. The third-order valence-electron chi connectivity index (χ3n) is 5.88. The highest BCUT2D eigenvalue weighted by atomic mass is 16.7. The molecule has 0 aliphatic carbocycles. The number of carbonyl (C=O) groups is 3. The third kappa shape index (κ3) is 7.86. The van der Waals surface area contributed by atoms with Crippen molar-refractivity contribution < 1.29 is 38.1 Å². The number of esters is 2. The molecule has 1 saturated heterocycles. The first-order chi connectivity index (χ1) is 16.1. The molecule has 1 aliphatic heterocycles. The Morgan fingerprint density at radius 3 is 2.65 bits per heavy atom. The molecule has 0 aromatic carbocycles. The first kappa shape index (κ1) is 27.4. The van der Waals surface area contributed by atoms with Crippen molar-refractivity contribution in [1.82, 2.24) is 10.3 Å². The first-order valence-electron chi connectivity index (χ1n) is 11.5. The molecule has 0 radical (unpaired) electrons. The number of nitrogens with zero attached hydrogens (tertiary/aromatic N) is 1. The molecule has 0 saturated carbocycles. The van der Waals surface area contributed by atoms with Crippen molar-refractivity contribution in [2.75, 3.05) is 27.1 Å². The fourth-order valence-electron chi connectivity index (χ4n) is 3.60. The number of cyclic esters (lactones) is 1. The maximum Gasteiger partial charge on any atom is 0.331 e. The summed E-state index contributed by atoms with van der Waals surface area (Å²) in [6.07, 6.45) is 3.06. The first-order valence-corrected chi connectivity index (χ1v) is 11.5. The lowest BCUT2D eigenvalue weighted by Crippen LogP contribution is -2.46. The van der Waals surface area contributed by atoms with Gasteiger partial charge in [-0.15, -0.1) is 0 Å². The van der Waals surface area contributed by atoms with E-state index in [2.05, 4.69) is 31.1 Å². The van der Waals surface area contributed by atoms with E-state index in [9.17, 15) is 14.4 Å². The van der Waals surface area contributed by atoms with Crippen LogP contribution in [-0.2, 0) is 23.8 Å². The minimum atomic E-state index is -1.03. The summed E-state index contributed by atoms with van der Waals surface area (Å²) in [5, 5.41) is 2.63. The van der Waals surface area contributed by atoms with Crippen molar-refractivity contribution in [3.05, 3.63) is 18.0 Å². The maximum absolute atomic E-state index is 13.0. The van der Waals surface area contributed by atoms with Gasteiger partial charge in [0.1, 0.15) is 6.10 Å². The predicted octanol–water partition coefficient (Wildman–Crippen LogP) is 2.74. The molecule has 10 nitrogen and oxygen atoms in total. The normalized spacial score (nSPS) is 23.2. The highest BCUT2D eigenvalue weighted by Gasteiger charge is 2.33. The van der Waals surface area contributed by atoms with Crippen LogP contribution in [-0.4, -0.2) is 62.1 Å². The smallest absolute Gasteiger partial charge is 0.331 e. The Hall–Kier alpha value is -2.88.